The van der Waals surface area contributed by atoms with E-state index in [0.29, 0.717) is 19.0 Å². The van der Waals surface area contributed by atoms with Gasteiger partial charge in [-0.25, -0.2) is 0 Å². The molecule has 0 spiro atoms. The van der Waals surface area contributed by atoms with Crippen LogP contribution < -0.4 is 5.32 Å². The minimum absolute atomic E-state index is 0.461. The van der Waals surface area contributed by atoms with Gasteiger partial charge in [-0.15, -0.1) is 5.92 Å². The van der Waals surface area contributed by atoms with E-state index < -0.39 is 6.10 Å². The molecule has 1 unspecified atom stereocenters. The fourth-order valence-corrected chi connectivity index (χ4v) is 1.82. The van der Waals surface area contributed by atoms with Gasteiger partial charge in [0.25, 0.3) is 0 Å². The molecular formula is C16H23NO. The Hall–Kier alpha value is -1.30. The number of aliphatic hydroxyl groups is 1. The highest BCUT2D eigenvalue weighted by atomic mass is 16.3. The first-order chi connectivity index (χ1) is 8.63. The Labute approximate surface area is 110 Å². The summed E-state index contributed by atoms with van der Waals surface area (Å²) in [6.07, 6.45) is 0.623. The van der Waals surface area contributed by atoms with Crippen molar-refractivity contribution in [3.63, 3.8) is 0 Å². The van der Waals surface area contributed by atoms with Crippen LogP contribution >= 0.6 is 0 Å². The Balaban J connectivity index is 2.47. The van der Waals surface area contributed by atoms with E-state index in [-0.39, 0.29) is 0 Å². The van der Waals surface area contributed by atoms with Crippen LogP contribution in [0.1, 0.15) is 38.0 Å². The lowest BCUT2D eigenvalue weighted by Gasteiger charge is -2.12. The molecule has 2 N–H and O–H groups in total. The summed E-state index contributed by atoms with van der Waals surface area (Å²) in [5, 5.41) is 13.1. The number of rotatable bonds is 6. The van der Waals surface area contributed by atoms with Crippen molar-refractivity contribution >= 4 is 0 Å². The Morgan fingerprint density at radius 3 is 2.44 bits per heavy atom. The average Bonchev–Trinajstić information content (AvgIpc) is 2.34. The number of hydrogen-bond donors (Lipinski definition) is 2. The molecule has 18 heavy (non-hydrogen) atoms. The highest BCUT2D eigenvalue weighted by molar-refractivity contribution is 5.24. The minimum atomic E-state index is -0.461. The second-order valence-electron chi connectivity index (χ2n) is 4.91. The van der Waals surface area contributed by atoms with Crippen LogP contribution in [0.4, 0.5) is 0 Å². The van der Waals surface area contributed by atoms with E-state index in [1.165, 1.54) is 5.56 Å². The maximum Gasteiger partial charge on any atom is 0.0914 e. The van der Waals surface area contributed by atoms with Gasteiger partial charge in [0.15, 0.2) is 0 Å². The minimum Gasteiger partial charge on any atom is -0.387 e. The molecule has 0 aliphatic carbocycles. The summed E-state index contributed by atoms with van der Waals surface area (Å²) in [6, 6.07) is 8.22. The van der Waals surface area contributed by atoms with Crippen molar-refractivity contribution in [1.82, 2.24) is 5.32 Å². The number of aliphatic hydroxyl groups excluding tert-OH is 1. The molecule has 2 heteroatoms. The van der Waals surface area contributed by atoms with E-state index in [0.717, 1.165) is 12.0 Å². The molecule has 0 fully saturated rings. The maximum atomic E-state index is 9.98. The third-order valence-corrected chi connectivity index (χ3v) is 2.74. The fourth-order valence-electron chi connectivity index (χ4n) is 1.82. The van der Waals surface area contributed by atoms with Gasteiger partial charge in [0.2, 0.25) is 0 Å². The molecule has 0 bridgehead atoms. The van der Waals surface area contributed by atoms with Gasteiger partial charge in [-0.3, -0.25) is 0 Å². The van der Waals surface area contributed by atoms with Gasteiger partial charge in [-0.1, -0.05) is 44.0 Å². The normalized spacial score (nSPS) is 12.1. The van der Waals surface area contributed by atoms with Gasteiger partial charge < -0.3 is 10.4 Å². The molecule has 0 aliphatic heterocycles. The van der Waals surface area contributed by atoms with Crippen molar-refractivity contribution in [2.75, 3.05) is 13.1 Å². The summed E-state index contributed by atoms with van der Waals surface area (Å²) in [5.74, 6) is 6.39. The fraction of sp³-hybridized carbons (Fsp3) is 0.500. The number of nitrogens with one attached hydrogen (secondary N) is 1. The molecule has 0 saturated carbocycles. The van der Waals surface area contributed by atoms with Crippen LogP contribution in [-0.2, 0) is 6.42 Å². The summed E-state index contributed by atoms with van der Waals surface area (Å²) < 4.78 is 0. The third kappa shape index (κ3) is 5.35. The van der Waals surface area contributed by atoms with E-state index in [4.69, 9.17) is 0 Å². The number of benzene rings is 1. The zero-order chi connectivity index (χ0) is 13.4. The SMILES string of the molecule is CC#CCNCC(O)c1ccc(CC(C)C)cc1. The molecule has 0 radical (unpaired) electrons. The van der Waals surface area contributed by atoms with Crippen molar-refractivity contribution < 1.29 is 5.11 Å². The van der Waals surface area contributed by atoms with Crippen molar-refractivity contribution in [2.45, 2.75) is 33.3 Å². The summed E-state index contributed by atoms with van der Waals surface area (Å²) >= 11 is 0. The molecule has 0 amide bonds. The lowest BCUT2D eigenvalue weighted by atomic mass is 10.0. The van der Waals surface area contributed by atoms with Crippen molar-refractivity contribution in [3.05, 3.63) is 35.4 Å². The van der Waals surface area contributed by atoms with Gasteiger partial charge in [0, 0.05) is 6.54 Å². The lowest BCUT2D eigenvalue weighted by Crippen LogP contribution is -2.21. The Bertz CT molecular complexity index is 397. The molecular weight excluding hydrogens is 222 g/mol. The van der Waals surface area contributed by atoms with Crippen molar-refractivity contribution in [3.8, 4) is 11.8 Å². The quantitative estimate of drug-likeness (QED) is 0.596. The molecule has 0 heterocycles. The first kappa shape index (κ1) is 14.8. The summed E-state index contributed by atoms with van der Waals surface area (Å²) in [7, 11) is 0. The van der Waals surface area contributed by atoms with Crippen LogP contribution in [-0.4, -0.2) is 18.2 Å². The van der Waals surface area contributed by atoms with Gasteiger partial charge in [0.1, 0.15) is 0 Å². The molecule has 0 aliphatic rings. The first-order valence-electron chi connectivity index (χ1n) is 6.50. The standard InChI is InChI=1S/C16H23NO/c1-4-5-10-17-12-16(18)15-8-6-14(7-9-15)11-13(2)3/h6-9,13,16-18H,10-12H2,1-3H3. The van der Waals surface area contributed by atoms with E-state index in [2.05, 4.69) is 43.1 Å². The molecule has 1 aromatic rings. The topological polar surface area (TPSA) is 32.3 Å². The van der Waals surface area contributed by atoms with Crippen LogP contribution in [0.3, 0.4) is 0 Å². The monoisotopic (exact) mass is 245 g/mol. The highest BCUT2D eigenvalue weighted by Crippen LogP contribution is 2.15. The second-order valence-corrected chi connectivity index (χ2v) is 4.91. The largest absolute Gasteiger partial charge is 0.387 e. The Kier molecular flexibility index (Phi) is 6.49. The highest BCUT2D eigenvalue weighted by Gasteiger charge is 2.06. The third-order valence-electron chi connectivity index (χ3n) is 2.74. The van der Waals surface area contributed by atoms with Crippen molar-refractivity contribution in [2.24, 2.45) is 5.92 Å². The first-order valence-corrected chi connectivity index (χ1v) is 6.50. The molecule has 1 aromatic carbocycles. The van der Waals surface area contributed by atoms with Crippen molar-refractivity contribution in [1.29, 1.82) is 0 Å². The van der Waals surface area contributed by atoms with E-state index in [1.54, 1.807) is 0 Å². The van der Waals surface area contributed by atoms with Crippen LogP contribution in [0.15, 0.2) is 24.3 Å². The zero-order valence-electron chi connectivity index (χ0n) is 11.5. The number of hydrogen-bond acceptors (Lipinski definition) is 2. The summed E-state index contributed by atoms with van der Waals surface area (Å²) in [4.78, 5) is 0. The molecule has 0 saturated heterocycles. The summed E-state index contributed by atoms with van der Waals surface area (Å²) in [5.41, 5.74) is 2.28. The van der Waals surface area contributed by atoms with Gasteiger partial charge in [-0.05, 0) is 30.4 Å². The molecule has 98 valence electrons. The van der Waals surface area contributed by atoms with E-state index in [1.807, 2.05) is 19.1 Å². The van der Waals surface area contributed by atoms with Gasteiger partial charge >= 0.3 is 0 Å². The average molecular weight is 245 g/mol. The maximum absolute atomic E-state index is 9.98. The predicted molar refractivity (Wildman–Crippen MR) is 76.3 cm³/mol. The zero-order valence-corrected chi connectivity index (χ0v) is 11.5. The van der Waals surface area contributed by atoms with Crippen LogP contribution in [0.2, 0.25) is 0 Å². The second kappa shape index (κ2) is 7.92. The Morgan fingerprint density at radius 2 is 1.89 bits per heavy atom. The molecule has 2 nitrogen and oxygen atoms in total. The molecule has 1 atom stereocenters. The van der Waals surface area contributed by atoms with E-state index >= 15 is 0 Å². The van der Waals surface area contributed by atoms with Crippen LogP contribution in [0.5, 0.6) is 0 Å². The lowest BCUT2D eigenvalue weighted by molar-refractivity contribution is 0.176. The summed E-state index contributed by atoms with van der Waals surface area (Å²) in [6.45, 7) is 7.39. The molecule has 0 aromatic heterocycles. The van der Waals surface area contributed by atoms with Crippen LogP contribution in [0, 0.1) is 17.8 Å². The predicted octanol–water partition coefficient (Wildman–Crippen LogP) is 2.53. The van der Waals surface area contributed by atoms with Gasteiger partial charge in [-0.2, -0.15) is 0 Å². The molecule has 1 rings (SSSR count). The van der Waals surface area contributed by atoms with E-state index in [9.17, 15) is 5.11 Å². The smallest absolute Gasteiger partial charge is 0.0914 e. The van der Waals surface area contributed by atoms with Gasteiger partial charge in [0.05, 0.1) is 12.6 Å². The van der Waals surface area contributed by atoms with Crippen LogP contribution in [0.25, 0.3) is 0 Å². The Morgan fingerprint density at radius 1 is 1.22 bits per heavy atom.